The molecule has 5 rings (SSSR count). The van der Waals surface area contributed by atoms with Gasteiger partial charge in [-0.3, -0.25) is 9.59 Å². The molecule has 0 aliphatic carbocycles. The summed E-state index contributed by atoms with van der Waals surface area (Å²) in [5, 5.41) is 0. The van der Waals surface area contributed by atoms with Gasteiger partial charge in [-0.1, -0.05) is 42.5 Å². The van der Waals surface area contributed by atoms with Gasteiger partial charge in [0, 0.05) is 31.1 Å². The lowest BCUT2D eigenvalue weighted by Crippen LogP contribution is -2.64. The van der Waals surface area contributed by atoms with Gasteiger partial charge < -0.3 is 14.7 Å². The fraction of sp³-hybridized carbons (Fsp3) is 0.481. The minimum absolute atomic E-state index is 0.0775. The molecule has 2 aromatic rings. The molecule has 1 atom stereocenters. The number of benzene rings is 2. The first kappa shape index (κ1) is 21.2. The highest BCUT2D eigenvalue weighted by atomic mass is 16.2. The lowest BCUT2D eigenvalue weighted by Gasteiger charge is -2.53. The van der Waals surface area contributed by atoms with Crippen LogP contribution in [0.15, 0.2) is 54.6 Å². The number of piperidine rings is 2. The van der Waals surface area contributed by atoms with Gasteiger partial charge in [-0.05, 0) is 75.5 Å². The van der Waals surface area contributed by atoms with Gasteiger partial charge in [0.05, 0.1) is 5.54 Å². The van der Waals surface area contributed by atoms with Crippen molar-refractivity contribution in [1.29, 1.82) is 0 Å². The molecule has 1 unspecified atom stereocenters. The Hall–Kier alpha value is -2.66. The molecule has 0 aromatic heterocycles. The van der Waals surface area contributed by atoms with E-state index in [1.807, 2.05) is 30.3 Å². The first-order valence-corrected chi connectivity index (χ1v) is 12.0. The van der Waals surface area contributed by atoms with Gasteiger partial charge in [-0.15, -0.1) is 0 Å². The summed E-state index contributed by atoms with van der Waals surface area (Å²) in [6.07, 6.45) is 4.58. The minimum atomic E-state index is -0.333. The van der Waals surface area contributed by atoms with E-state index in [-0.39, 0.29) is 17.4 Å². The van der Waals surface area contributed by atoms with Crippen LogP contribution in [0.25, 0.3) is 0 Å². The summed E-state index contributed by atoms with van der Waals surface area (Å²) < 4.78 is 0. The fourth-order valence-corrected chi connectivity index (χ4v) is 5.87. The quantitative estimate of drug-likeness (QED) is 0.730. The second kappa shape index (κ2) is 8.70. The lowest BCUT2D eigenvalue weighted by atomic mass is 9.76. The topological polar surface area (TPSA) is 43.9 Å². The normalized spacial score (nSPS) is 24.4. The number of hydrogen-bond acceptors (Lipinski definition) is 3. The average Bonchev–Trinajstić information content (AvgIpc) is 2.84. The predicted molar refractivity (Wildman–Crippen MR) is 125 cm³/mol. The molecule has 2 amide bonds. The number of carbonyl (C=O) groups excluding carboxylic acids is 2. The lowest BCUT2D eigenvalue weighted by molar-refractivity contribution is -0.141. The van der Waals surface area contributed by atoms with E-state index in [0.29, 0.717) is 19.0 Å². The maximum absolute atomic E-state index is 13.7. The van der Waals surface area contributed by atoms with Crippen LogP contribution in [-0.4, -0.2) is 65.3 Å². The van der Waals surface area contributed by atoms with Crippen LogP contribution < -0.4 is 0 Å². The molecule has 2 fully saturated rings. The van der Waals surface area contributed by atoms with E-state index < -0.39 is 0 Å². The molecule has 32 heavy (non-hydrogen) atoms. The molecule has 0 radical (unpaired) electrons. The minimum Gasteiger partial charge on any atom is -0.340 e. The van der Waals surface area contributed by atoms with Gasteiger partial charge >= 0.3 is 0 Å². The van der Waals surface area contributed by atoms with E-state index in [0.717, 1.165) is 57.3 Å². The Morgan fingerprint density at radius 1 is 0.906 bits per heavy atom. The first-order valence-electron chi connectivity index (χ1n) is 12.0. The van der Waals surface area contributed by atoms with E-state index >= 15 is 0 Å². The second-order valence-corrected chi connectivity index (χ2v) is 9.87. The number of hydrogen-bond donors (Lipinski definition) is 0. The van der Waals surface area contributed by atoms with Crippen molar-refractivity contribution in [2.24, 2.45) is 5.92 Å². The summed E-state index contributed by atoms with van der Waals surface area (Å²) in [6.45, 7) is 4.04. The molecule has 3 heterocycles. The predicted octanol–water partition coefficient (Wildman–Crippen LogP) is 3.59. The van der Waals surface area contributed by atoms with Crippen molar-refractivity contribution in [1.82, 2.24) is 14.7 Å². The van der Waals surface area contributed by atoms with Gasteiger partial charge in [0.1, 0.15) is 0 Å². The van der Waals surface area contributed by atoms with Crippen molar-refractivity contribution < 1.29 is 9.59 Å². The number of carbonyl (C=O) groups is 2. The molecule has 1 spiro atoms. The van der Waals surface area contributed by atoms with Crippen molar-refractivity contribution >= 4 is 11.8 Å². The Bertz CT molecular complexity index is 983. The van der Waals surface area contributed by atoms with Crippen LogP contribution in [-0.2, 0) is 17.8 Å². The van der Waals surface area contributed by atoms with Crippen molar-refractivity contribution in [2.75, 3.05) is 33.2 Å². The Morgan fingerprint density at radius 3 is 2.34 bits per heavy atom. The van der Waals surface area contributed by atoms with Gasteiger partial charge in [0.15, 0.2) is 0 Å². The summed E-state index contributed by atoms with van der Waals surface area (Å²) in [7, 11) is 2.13. The van der Waals surface area contributed by atoms with Crippen LogP contribution in [0.4, 0.5) is 0 Å². The highest BCUT2D eigenvalue weighted by Gasteiger charge is 2.47. The molecule has 2 saturated heterocycles. The molecule has 3 aliphatic rings. The largest absolute Gasteiger partial charge is 0.340 e. The molecule has 5 nitrogen and oxygen atoms in total. The Labute approximate surface area is 191 Å². The van der Waals surface area contributed by atoms with E-state index in [4.69, 9.17) is 0 Å². The van der Waals surface area contributed by atoms with Crippen LogP contribution in [0.1, 0.15) is 47.2 Å². The standard InChI is InChI=1S/C27H33N3O2/c1-28-16-12-22(13-17-28)25(31)29-15-7-14-27(20-29)18-23-10-5-6-11-24(23)19-30(27)26(32)21-8-3-2-4-9-21/h2-6,8-11,22H,7,12-20H2,1H3. The number of rotatable bonds is 2. The molecule has 3 aliphatic heterocycles. The maximum Gasteiger partial charge on any atom is 0.254 e. The van der Waals surface area contributed by atoms with Gasteiger partial charge in [-0.2, -0.15) is 0 Å². The van der Waals surface area contributed by atoms with Crippen molar-refractivity contribution in [3.8, 4) is 0 Å². The number of amides is 2. The van der Waals surface area contributed by atoms with Crippen molar-refractivity contribution in [3.63, 3.8) is 0 Å². The molecule has 0 N–H and O–H groups in total. The smallest absolute Gasteiger partial charge is 0.254 e. The Kier molecular flexibility index (Phi) is 5.76. The van der Waals surface area contributed by atoms with E-state index in [1.165, 1.54) is 11.1 Å². The van der Waals surface area contributed by atoms with Crippen LogP contribution in [0.2, 0.25) is 0 Å². The zero-order chi connectivity index (χ0) is 22.1. The van der Waals surface area contributed by atoms with Crippen LogP contribution in [0.3, 0.4) is 0 Å². The molecule has 0 bridgehead atoms. The van der Waals surface area contributed by atoms with Crippen molar-refractivity contribution in [2.45, 2.75) is 44.2 Å². The third-order valence-electron chi connectivity index (χ3n) is 7.74. The molecular weight excluding hydrogens is 398 g/mol. The van der Waals surface area contributed by atoms with E-state index in [2.05, 4.69) is 46.0 Å². The van der Waals surface area contributed by atoms with E-state index in [1.54, 1.807) is 0 Å². The molecule has 2 aromatic carbocycles. The molecular formula is C27H33N3O2. The first-order chi connectivity index (χ1) is 15.6. The molecule has 0 saturated carbocycles. The fourth-order valence-electron chi connectivity index (χ4n) is 5.87. The molecule has 5 heteroatoms. The van der Waals surface area contributed by atoms with Crippen LogP contribution in [0.5, 0.6) is 0 Å². The summed E-state index contributed by atoms with van der Waals surface area (Å²) in [6, 6.07) is 18.1. The summed E-state index contributed by atoms with van der Waals surface area (Å²) in [5.41, 5.74) is 2.94. The van der Waals surface area contributed by atoms with Gasteiger partial charge in [0.2, 0.25) is 5.91 Å². The van der Waals surface area contributed by atoms with Gasteiger partial charge in [-0.25, -0.2) is 0 Å². The summed E-state index contributed by atoms with van der Waals surface area (Å²) >= 11 is 0. The molecule has 168 valence electrons. The Balaban J connectivity index is 1.45. The van der Waals surface area contributed by atoms with Crippen molar-refractivity contribution in [3.05, 3.63) is 71.3 Å². The Morgan fingerprint density at radius 2 is 1.59 bits per heavy atom. The SMILES string of the molecule is CN1CCC(C(=O)N2CCCC3(Cc4ccccc4CN3C(=O)c3ccccc3)C2)CC1. The third-order valence-corrected chi connectivity index (χ3v) is 7.74. The zero-order valence-electron chi connectivity index (χ0n) is 19.0. The highest BCUT2D eigenvalue weighted by Crippen LogP contribution is 2.39. The third kappa shape index (κ3) is 3.95. The number of likely N-dealkylation sites (tertiary alicyclic amines) is 2. The zero-order valence-corrected chi connectivity index (χ0v) is 19.0. The average molecular weight is 432 g/mol. The maximum atomic E-state index is 13.7. The monoisotopic (exact) mass is 431 g/mol. The van der Waals surface area contributed by atoms with Gasteiger partial charge in [0.25, 0.3) is 5.91 Å². The van der Waals surface area contributed by atoms with Crippen LogP contribution in [0, 0.1) is 5.92 Å². The van der Waals surface area contributed by atoms with Crippen LogP contribution >= 0.6 is 0 Å². The second-order valence-electron chi connectivity index (χ2n) is 9.87. The number of fused-ring (bicyclic) bond motifs is 1. The number of nitrogens with zero attached hydrogens (tertiary/aromatic N) is 3. The van der Waals surface area contributed by atoms with E-state index in [9.17, 15) is 9.59 Å². The summed E-state index contributed by atoms with van der Waals surface area (Å²) in [4.78, 5) is 33.7. The highest BCUT2D eigenvalue weighted by molar-refractivity contribution is 5.95. The summed E-state index contributed by atoms with van der Waals surface area (Å²) in [5.74, 6) is 0.493.